The standard InChI is InChI=1S/C29H34ClFN2O/c30-25-4-1-23(27(31)14-25)18-33-9-7-22(8-10-33)28(34)32-26-5-2-24(3-6-26)29-15-19-11-20(16-29)13-21(12-19)17-29/h1-6,14,19-22H,7-13,15-18H2,(H,32,34). The van der Waals surface area contributed by atoms with Crippen LogP contribution in [0.3, 0.4) is 0 Å². The van der Waals surface area contributed by atoms with E-state index in [1.165, 1.54) is 50.2 Å². The van der Waals surface area contributed by atoms with Gasteiger partial charge in [0.25, 0.3) is 0 Å². The van der Waals surface area contributed by atoms with Crippen molar-refractivity contribution in [2.75, 3.05) is 18.4 Å². The molecule has 1 amide bonds. The van der Waals surface area contributed by atoms with Crippen LogP contribution < -0.4 is 5.32 Å². The normalized spacial score (nSPS) is 31.1. The van der Waals surface area contributed by atoms with E-state index in [9.17, 15) is 9.18 Å². The minimum absolute atomic E-state index is 0.00847. The zero-order chi connectivity index (χ0) is 23.3. The molecule has 1 aliphatic heterocycles. The van der Waals surface area contributed by atoms with Crippen molar-refractivity contribution in [3.63, 3.8) is 0 Å². The maximum absolute atomic E-state index is 14.1. The Hall–Kier alpha value is -1.91. The summed E-state index contributed by atoms with van der Waals surface area (Å²) in [6.45, 7) is 2.15. The highest BCUT2D eigenvalue weighted by atomic mass is 35.5. The van der Waals surface area contributed by atoms with E-state index in [1.54, 1.807) is 12.1 Å². The van der Waals surface area contributed by atoms with Gasteiger partial charge < -0.3 is 5.32 Å². The van der Waals surface area contributed by atoms with Crippen molar-refractivity contribution in [2.45, 2.75) is 63.3 Å². The molecule has 4 aliphatic carbocycles. The van der Waals surface area contributed by atoms with Crippen molar-refractivity contribution >= 4 is 23.2 Å². The van der Waals surface area contributed by atoms with Gasteiger partial charge in [-0.2, -0.15) is 0 Å². The first-order chi connectivity index (χ1) is 16.5. The summed E-state index contributed by atoms with van der Waals surface area (Å²) in [6, 6.07) is 13.6. The second kappa shape index (κ2) is 8.95. The molecular weight excluding hydrogens is 447 g/mol. The number of piperidine rings is 1. The lowest BCUT2D eigenvalue weighted by Gasteiger charge is -2.57. The summed E-state index contributed by atoms with van der Waals surface area (Å²) in [6.07, 6.45) is 10.1. The highest BCUT2D eigenvalue weighted by Crippen LogP contribution is 2.60. The van der Waals surface area contributed by atoms with Crippen LogP contribution in [-0.2, 0) is 16.8 Å². The van der Waals surface area contributed by atoms with Crippen molar-refractivity contribution in [1.82, 2.24) is 4.90 Å². The van der Waals surface area contributed by atoms with Crippen LogP contribution in [-0.4, -0.2) is 23.9 Å². The number of nitrogens with one attached hydrogen (secondary N) is 1. The van der Waals surface area contributed by atoms with Crippen LogP contribution in [0.2, 0.25) is 5.02 Å². The number of rotatable bonds is 5. The number of benzene rings is 2. The molecule has 7 rings (SSSR count). The van der Waals surface area contributed by atoms with E-state index in [4.69, 9.17) is 11.6 Å². The van der Waals surface area contributed by atoms with E-state index >= 15 is 0 Å². The fourth-order valence-electron chi connectivity index (χ4n) is 7.86. The smallest absolute Gasteiger partial charge is 0.227 e. The summed E-state index contributed by atoms with van der Waals surface area (Å²) in [7, 11) is 0. The molecule has 4 bridgehead atoms. The summed E-state index contributed by atoms with van der Waals surface area (Å²) in [5, 5.41) is 3.58. The predicted octanol–water partition coefficient (Wildman–Crippen LogP) is 6.80. The van der Waals surface area contributed by atoms with Gasteiger partial charge in [0.2, 0.25) is 5.91 Å². The van der Waals surface area contributed by atoms with Gasteiger partial charge in [-0.1, -0.05) is 29.8 Å². The molecule has 4 saturated carbocycles. The average Bonchev–Trinajstić information content (AvgIpc) is 2.81. The van der Waals surface area contributed by atoms with Crippen molar-refractivity contribution in [3.8, 4) is 0 Å². The molecule has 34 heavy (non-hydrogen) atoms. The lowest BCUT2D eigenvalue weighted by Crippen LogP contribution is -2.48. The molecule has 2 aromatic rings. The van der Waals surface area contributed by atoms with E-state index in [0.717, 1.165) is 49.4 Å². The fraction of sp³-hybridized carbons (Fsp3) is 0.552. The lowest BCUT2D eigenvalue weighted by atomic mass is 9.48. The Kier molecular flexibility index (Phi) is 5.93. The third-order valence-corrected chi connectivity index (χ3v) is 9.41. The summed E-state index contributed by atoms with van der Waals surface area (Å²) >= 11 is 5.86. The molecule has 1 saturated heterocycles. The molecule has 0 aromatic heterocycles. The molecule has 1 N–H and O–H groups in total. The van der Waals surface area contributed by atoms with Gasteiger partial charge in [0, 0.05) is 28.7 Å². The zero-order valence-corrected chi connectivity index (χ0v) is 20.5. The summed E-state index contributed by atoms with van der Waals surface area (Å²) < 4.78 is 14.1. The number of hydrogen-bond donors (Lipinski definition) is 1. The van der Waals surface area contributed by atoms with Crippen LogP contribution in [0.1, 0.15) is 62.5 Å². The quantitative estimate of drug-likeness (QED) is 0.510. The molecular formula is C29H34ClFN2O. The minimum Gasteiger partial charge on any atom is -0.326 e. The van der Waals surface area contributed by atoms with E-state index in [-0.39, 0.29) is 17.6 Å². The van der Waals surface area contributed by atoms with Crippen molar-refractivity contribution in [3.05, 3.63) is 64.4 Å². The highest BCUT2D eigenvalue weighted by molar-refractivity contribution is 6.30. The molecule has 2 aromatic carbocycles. The number of amides is 1. The van der Waals surface area contributed by atoms with E-state index < -0.39 is 0 Å². The molecule has 0 unspecified atom stereocenters. The Balaban J connectivity index is 1.03. The largest absolute Gasteiger partial charge is 0.326 e. The maximum atomic E-state index is 14.1. The first-order valence-electron chi connectivity index (χ1n) is 13.0. The molecule has 5 aliphatic rings. The summed E-state index contributed by atoms with van der Waals surface area (Å²) in [5.41, 5.74) is 3.45. The van der Waals surface area contributed by atoms with Crippen LogP contribution in [0.4, 0.5) is 10.1 Å². The van der Waals surface area contributed by atoms with Crippen LogP contribution >= 0.6 is 11.6 Å². The van der Waals surface area contributed by atoms with Gasteiger partial charge in [0.15, 0.2) is 0 Å². The van der Waals surface area contributed by atoms with Gasteiger partial charge >= 0.3 is 0 Å². The molecule has 5 fully saturated rings. The summed E-state index contributed by atoms with van der Waals surface area (Å²) in [5.74, 6) is 2.67. The number of halogens is 2. The van der Waals surface area contributed by atoms with E-state index in [0.29, 0.717) is 22.5 Å². The molecule has 0 spiro atoms. The SMILES string of the molecule is O=C(Nc1ccc(C23CC4CC(CC(C4)C2)C3)cc1)C1CCN(Cc2ccc(Cl)cc2F)CC1. The number of carbonyl (C=O) groups excluding carboxylic acids is 1. The Morgan fingerprint density at radius 2 is 1.59 bits per heavy atom. The van der Waals surface area contributed by atoms with Crippen molar-refractivity contribution in [2.24, 2.45) is 23.7 Å². The second-order valence-electron chi connectivity index (χ2n) is 11.6. The Bertz CT molecular complexity index is 1030. The first kappa shape index (κ1) is 22.5. The molecule has 180 valence electrons. The minimum atomic E-state index is -0.260. The summed E-state index contributed by atoms with van der Waals surface area (Å²) in [4.78, 5) is 15.1. The van der Waals surface area contributed by atoms with Gasteiger partial charge in [0.1, 0.15) is 5.82 Å². The predicted molar refractivity (Wildman–Crippen MR) is 134 cm³/mol. The first-order valence-corrected chi connectivity index (χ1v) is 13.4. The Morgan fingerprint density at radius 1 is 0.971 bits per heavy atom. The van der Waals surface area contributed by atoms with E-state index in [2.05, 4.69) is 34.5 Å². The Labute approximate surface area is 207 Å². The number of anilines is 1. The van der Waals surface area contributed by atoms with Crippen LogP contribution in [0.15, 0.2) is 42.5 Å². The Morgan fingerprint density at radius 3 is 2.18 bits per heavy atom. The van der Waals surface area contributed by atoms with Gasteiger partial charge in [-0.05, 0) is 117 Å². The number of likely N-dealkylation sites (tertiary alicyclic amines) is 1. The number of nitrogens with zero attached hydrogens (tertiary/aromatic N) is 1. The van der Waals surface area contributed by atoms with Crippen LogP contribution in [0.5, 0.6) is 0 Å². The van der Waals surface area contributed by atoms with Crippen LogP contribution in [0, 0.1) is 29.5 Å². The molecule has 5 heteroatoms. The van der Waals surface area contributed by atoms with Crippen LogP contribution in [0.25, 0.3) is 0 Å². The monoisotopic (exact) mass is 480 g/mol. The molecule has 0 atom stereocenters. The van der Waals surface area contributed by atoms with Crippen molar-refractivity contribution in [1.29, 1.82) is 0 Å². The topological polar surface area (TPSA) is 32.3 Å². The third kappa shape index (κ3) is 4.40. The molecule has 0 radical (unpaired) electrons. The van der Waals surface area contributed by atoms with Gasteiger partial charge in [-0.25, -0.2) is 4.39 Å². The lowest BCUT2D eigenvalue weighted by molar-refractivity contribution is -0.121. The van der Waals surface area contributed by atoms with Crippen molar-refractivity contribution < 1.29 is 9.18 Å². The second-order valence-corrected chi connectivity index (χ2v) is 12.0. The average molecular weight is 481 g/mol. The van der Waals surface area contributed by atoms with Gasteiger partial charge in [-0.15, -0.1) is 0 Å². The zero-order valence-electron chi connectivity index (χ0n) is 19.7. The number of hydrogen-bond acceptors (Lipinski definition) is 2. The van der Waals surface area contributed by atoms with Gasteiger partial charge in [-0.3, -0.25) is 9.69 Å². The fourth-order valence-corrected chi connectivity index (χ4v) is 8.02. The highest BCUT2D eigenvalue weighted by Gasteiger charge is 2.51. The van der Waals surface area contributed by atoms with Gasteiger partial charge in [0.05, 0.1) is 0 Å². The maximum Gasteiger partial charge on any atom is 0.227 e. The molecule has 1 heterocycles. The number of carbonyl (C=O) groups is 1. The van der Waals surface area contributed by atoms with E-state index in [1.807, 2.05) is 0 Å². The molecule has 3 nitrogen and oxygen atoms in total. The third-order valence-electron chi connectivity index (χ3n) is 9.17.